The van der Waals surface area contributed by atoms with Crippen molar-refractivity contribution in [3.8, 4) is 0 Å². The second-order valence-corrected chi connectivity index (χ2v) is 9.21. The van der Waals surface area contributed by atoms with Gasteiger partial charge in [-0.05, 0) is 41.1 Å². The van der Waals surface area contributed by atoms with Crippen molar-refractivity contribution in [1.29, 1.82) is 0 Å². The lowest BCUT2D eigenvalue weighted by molar-refractivity contribution is -0.135. The van der Waals surface area contributed by atoms with Crippen LogP contribution in [-0.2, 0) is 4.79 Å². The largest absolute Gasteiger partial charge is 0.322 e. The quantitative estimate of drug-likeness (QED) is 0.546. The lowest BCUT2D eigenvalue weighted by atomic mass is 9.78. The summed E-state index contributed by atoms with van der Waals surface area (Å²) in [6.07, 6.45) is 0. The van der Waals surface area contributed by atoms with Crippen LogP contribution in [-0.4, -0.2) is 16.7 Å². The third-order valence-electron chi connectivity index (χ3n) is 5.42. The summed E-state index contributed by atoms with van der Waals surface area (Å²) in [5, 5.41) is 6.74. The number of carbonyl (C=O) groups is 2. The normalized spacial score (nSPS) is 24.5. The molecule has 1 aliphatic rings. The van der Waals surface area contributed by atoms with Gasteiger partial charge in [0.2, 0.25) is 0 Å². The monoisotopic (exact) mass is 428 g/mol. The summed E-state index contributed by atoms with van der Waals surface area (Å²) in [6, 6.07) is 12.5. The molecule has 1 saturated heterocycles. The number of halogens is 1. The van der Waals surface area contributed by atoms with Crippen LogP contribution in [0.5, 0.6) is 0 Å². The molecule has 1 fully saturated rings. The van der Waals surface area contributed by atoms with Crippen molar-refractivity contribution in [3.63, 3.8) is 0 Å². The number of urea groups is 1. The van der Waals surface area contributed by atoms with Gasteiger partial charge in [-0.3, -0.25) is 4.79 Å². The van der Waals surface area contributed by atoms with E-state index in [0.717, 1.165) is 9.75 Å². The van der Waals surface area contributed by atoms with E-state index >= 15 is 0 Å². The summed E-state index contributed by atoms with van der Waals surface area (Å²) in [4.78, 5) is 30.3. The minimum atomic E-state index is -0.414. The standard InChI is InChI=1S/C22H21FN2O2S2/c1-13-19(17-8-4-10-28-17)25(22(27)24-16-7-3-6-15(23)12-16)20(14(2)21(13)26)18-9-5-11-29-18/h3-14,19-20H,1-2H3,(H,24,27). The van der Waals surface area contributed by atoms with E-state index in [1.807, 2.05) is 48.9 Å². The summed E-state index contributed by atoms with van der Waals surface area (Å²) < 4.78 is 13.6. The number of Topliss-reactive ketones (excluding diaryl/α,β-unsaturated/α-hetero) is 1. The summed E-state index contributed by atoms with van der Waals surface area (Å²) in [7, 11) is 0. The van der Waals surface area contributed by atoms with Crippen molar-refractivity contribution in [3.05, 3.63) is 74.9 Å². The number of benzene rings is 1. The van der Waals surface area contributed by atoms with E-state index in [2.05, 4.69) is 5.32 Å². The third-order valence-corrected chi connectivity index (χ3v) is 7.31. The number of nitrogens with zero attached hydrogens (tertiary/aromatic N) is 1. The Balaban J connectivity index is 1.78. The van der Waals surface area contributed by atoms with Crippen molar-refractivity contribution in [1.82, 2.24) is 4.90 Å². The number of amides is 2. The molecule has 0 bridgehead atoms. The number of anilines is 1. The Morgan fingerprint density at radius 1 is 0.966 bits per heavy atom. The van der Waals surface area contributed by atoms with Gasteiger partial charge in [0.05, 0.1) is 12.1 Å². The molecule has 1 N–H and O–H groups in total. The van der Waals surface area contributed by atoms with Crippen LogP contribution in [0.15, 0.2) is 59.3 Å². The molecular formula is C22H21FN2O2S2. The molecule has 1 aliphatic heterocycles. The molecule has 3 aromatic rings. The number of piperidine rings is 1. The highest BCUT2D eigenvalue weighted by atomic mass is 32.1. The van der Waals surface area contributed by atoms with Crippen LogP contribution in [0.4, 0.5) is 14.9 Å². The molecular weight excluding hydrogens is 407 g/mol. The van der Waals surface area contributed by atoms with Crippen molar-refractivity contribution in [2.24, 2.45) is 11.8 Å². The smallest absolute Gasteiger partial charge is 0.308 e. The molecule has 150 valence electrons. The molecule has 2 aromatic heterocycles. The number of nitrogens with one attached hydrogen (secondary N) is 1. The molecule has 1 aromatic carbocycles. The number of hydrogen-bond donors (Lipinski definition) is 1. The van der Waals surface area contributed by atoms with E-state index in [0.29, 0.717) is 5.69 Å². The van der Waals surface area contributed by atoms with Gasteiger partial charge in [-0.2, -0.15) is 0 Å². The number of hydrogen-bond acceptors (Lipinski definition) is 4. The van der Waals surface area contributed by atoms with Crippen LogP contribution >= 0.6 is 22.7 Å². The van der Waals surface area contributed by atoms with E-state index in [4.69, 9.17) is 0 Å². The van der Waals surface area contributed by atoms with Crippen molar-refractivity contribution < 1.29 is 14.0 Å². The molecule has 3 heterocycles. The zero-order chi connectivity index (χ0) is 20.5. The molecule has 0 aliphatic carbocycles. The van der Waals surface area contributed by atoms with Crippen LogP contribution < -0.4 is 5.32 Å². The van der Waals surface area contributed by atoms with E-state index in [1.54, 1.807) is 17.0 Å². The van der Waals surface area contributed by atoms with Gasteiger partial charge in [-0.15, -0.1) is 22.7 Å². The predicted molar refractivity (Wildman–Crippen MR) is 115 cm³/mol. The SMILES string of the molecule is CC1C(=O)C(C)C(c2cccs2)N(C(=O)Nc2cccc(F)c2)C1c1cccs1. The fraction of sp³-hybridized carbons (Fsp3) is 0.273. The van der Waals surface area contributed by atoms with Crippen LogP contribution in [0.2, 0.25) is 0 Å². The Morgan fingerprint density at radius 2 is 1.55 bits per heavy atom. The van der Waals surface area contributed by atoms with Crippen LogP contribution in [0.3, 0.4) is 0 Å². The Kier molecular flexibility index (Phi) is 5.52. The number of likely N-dealkylation sites (tertiary alicyclic amines) is 1. The highest BCUT2D eigenvalue weighted by molar-refractivity contribution is 7.10. The molecule has 0 saturated carbocycles. The first kappa shape index (κ1) is 19.8. The molecule has 0 radical (unpaired) electrons. The average molecular weight is 429 g/mol. The Bertz CT molecular complexity index is 954. The molecule has 4 rings (SSSR count). The summed E-state index contributed by atoms with van der Waals surface area (Å²) in [6.45, 7) is 3.77. The minimum Gasteiger partial charge on any atom is -0.308 e. The molecule has 4 unspecified atom stereocenters. The molecule has 4 atom stereocenters. The molecule has 2 amide bonds. The Morgan fingerprint density at radius 3 is 2.03 bits per heavy atom. The van der Waals surface area contributed by atoms with E-state index in [-0.39, 0.29) is 35.7 Å². The number of carbonyl (C=O) groups excluding carboxylic acids is 2. The van der Waals surface area contributed by atoms with Crippen LogP contribution in [0.1, 0.15) is 35.7 Å². The number of ketones is 1. The topological polar surface area (TPSA) is 49.4 Å². The lowest BCUT2D eigenvalue weighted by Gasteiger charge is -2.47. The van der Waals surface area contributed by atoms with E-state index < -0.39 is 5.82 Å². The van der Waals surface area contributed by atoms with Gasteiger partial charge in [0.15, 0.2) is 0 Å². The van der Waals surface area contributed by atoms with Gasteiger partial charge in [0.25, 0.3) is 0 Å². The maximum atomic E-state index is 13.6. The average Bonchev–Trinajstić information content (AvgIpc) is 3.40. The number of thiophene rings is 2. The second kappa shape index (κ2) is 8.08. The second-order valence-electron chi connectivity index (χ2n) is 7.25. The van der Waals surface area contributed by atoms with Crippen LogP contribution in [0.25, 0.3) is 0 Å². The van der Waals surface area contributed by atoms with Gasteiger partial charge in [-0.1, -0.05) is 32.0 Å². The van der Waals surface area contributed by atoms with Gasteiger partial charge in [0.1, 0.15) is 11.6 Å². The van der Waals surface area contributed by atoms with E-state index in [9.17, 15) is 14.0 Å². The molecule has 7 heteroatoms. The zero-order valence-electron chi connectivity index (χ0n) is 16.0. The summed E-state index contributed by atoms with van der Waals surface area (Å²) >= 11 is 3.07. The summed E-state index contributed by atoms with van der Waals surface area (Å²) in [5.74, 6) is -0.934. The highest BCUT2D eigenvalue weighted by Crippen LogP contribution is 2.48. The first-order chi connectivity index (χ1) is 14.0. The fourth-order valence-electron chi connectivity index (χ4n) is 4.07. The maximum absolute atomic E-state index is 13.6. The van der Waals surface area contributed by atoms with Gasteiger partial charge in [-0.25, -0.2) is 9.18 Å². The first-order valence-electron chi connectivity index (χ1n) is 9.43. The minimum absolute atomic E-state index is 0.150. The summed E-state index contributed by atoms with van der Waals surface area (Å²) in [5.41, 5.74) is 0.391. The lowest BCUT2D eigenvalue weighted by Crippen LogP contribution is -2.52. The third kappa shape index (κ3) is 3.72. The number of rotatable bonds is 3. The molecule has 29 heavy (non-hydrogen) atoms. The van der Waals surface area contributed by atoms with E-state index in [1.165, 1.54) is 34.8 Å². The molecule has 4 nitrogen and oxygen atoms in total. The molecule has 0 spiro atoms. The predicted octanol–water partition coefficient (Wildman–Crippen LogP) is 6.12. The van der Waals surface area contributed by atoms with Crippen molar-refractivity contribution >= 4 is 40.2 Å². The highest BCUT2D eigenvalue weighted by Gasteiger charge is 2.48. The fourth-order valence-corrected chi connectivity index (χ4v) is 5.93. The Hall–Kier alpha value is -2.51. The van der Waals surface area contributed by atoms with Gasteiger partial charge < -0.3 is 10.2 Å². The Labute approximate surface area is 177 Å². The van der Waals surface area contributed by atoms with Crippen molar-refractivity contribution in [2.45, 2.75) is 25.9 Å². The van der Waals surface area contributed by atoms with Crippen LogP contribution in [0, 0.1) is 17.7 Å². The maximum Gasteiger partial charge on any atom is 0.322 e. The first-order valence-corrected chi connectivity index (χ1v) is 11.2. The van der Waals surface area contributed by atoms with Gasteiger partial charge >= 0.3 is 6.03 Å². The van der Waals surface area contributed by atoms with Crippen molar-refractivity contribution in [2.75, 3.05) is 5.32 Å². The zero-order valence-corrected chi connectivity index (χ0v) is 17.7. The van der Waals surface area contributed by atoms with Gasteiger partial charge in [0, 0.05) is 27.3 Å².